The number of ether oxygens (including phenoxy) is 2. The van der Waals surface area contributed by atoms with Crippen LogP contribution in [0.3, 0.4) is 0 Å². The van der Waals surface area contributed by atoms with Crippen LogP contribution in [0.25, 0.3) is 0 Å². The third-order valence-corrected chi connectivity index (χ3v) is 2.60. The van der Waals surface area contributed by atoms with Gasteiger partial charge in [-0.15, -0.1) is 0 Å². The number of esters is 2. The van der Waals surface area contributed by atoms with E-state index < -0.39 is 0 Å². The fourth-order valence-electron chi connectivity index (χ4n) is 1.47. The molecule has 1 aliphatic heterocycles. The predicted octanol–water partition coefficient (Wildman–Crippen LogP) is 1.84. The fraction of sp³-hybridized carbons (Fsp3) is 0.667. The summed E-state index contributed by atoms with van der Waals surface area (Å²) in [6.07, 6.45) is 3.42. The number of cyclic esters (lactones) is 1. The van der Waals surface area contributed by atoms with Gasteiger partial charge in [-0.2, -0.15) is 0 Å². The molecule has 0 radical (unpaired) electrons. The summed E-state index contributed by atoms with van der Waals surface area (Å²) in [6, 6.07) is 0. The second-order valence-corrected chi connectivity index (χ2v) is 3.96. The lowest BCUT2D eigenvalue weighted by atomic mass is 10.1. The first-order chi connectivity index (χ1) is 7.65. The van der Waals surface area contributed by atoms with E-state index >= 15 is 0 Å². The highest BCUT2D eigenvalue weighted by molar-refractivity contribution is 5.90. The lowest BCUT2D eigenvalue weighted by Crippen LogP contribution is -2.15. The highest BCUT2D eigenvalue weighted by atomic mass is 16.6. The van der Waals surface area contributed by atoms with E-state index in [4.69, 9.17) is 9.47 Å². The van der Waals surface area contributed by atoms with Gasteiger partial charge in [0.2, 0.25) is 0 Å². The van der Waals surface area contributed by atoms with Gasteiger partial charge in [-0.25, -0.2) is 4.79 Å². The third kappa shape index (κ3) is 3.68. The Kier molecular flexibility index (Phi) is 5.02. The predicted molar refractivity (Wildman–Crippen MR) is 58.7 cm³/mol. The van der Waals surface area contributed by atoms with Crippen LogP contribution in [0.4, 0.5) is 0 Å². The molecule has 0 aliphatic carbocycles. The zero-order valence-corrected chi connectivity index (χ0v) is 9.66. The molecule has 90 valence electrons. The maximum atomic E-state index is 11.3. The minimum Gasteiger partial charge on any atom is -0.465 e. The van der Waals surface area contributed by atoms with Crippen molar-refractivity contribution in [3.05, 3.63) is 12.2 Å². The molecule has 1 atom stereocenters. The Bertz CT molecular complexity index is 283. The largest absolute Gasteiger partial charge is 0.465 e. The zero-order valence-electron chi connectivity index (χ0n) is 9.66. The van der Waals surface area contributed by atoms with Gasteiger partial charge in [0.25, 0.3) is 0 Å². The number of unbranched alkanes of at least 4 members (excludes halogenated alkanes) is 2. The summed E-state index contributed by atoms with van der Waals surface area (Å²) in [5.74, 6) is -0.754. The van der Waals surface area contributed by atoms with Crippen molar-refractivity contribution in [2.24, 2.45) is 5.92 Å². The van der Waals surface area contributed by atoms with Crippen molar-refractivity contribution >= 4 is 11.9 Å². The summed E-state index contributed by atoms with van der Waals surface area (Å²) in [5, 5.41) is 0. The van der Waals surface area contributed by atoms with Crippen LogP contribution in [0, 0.1) is 5.92 Å². The van der Waals surface area contributed by atoms with E-state index in [0.717, 1.165) is 19.3 Å². The van der Waals surface area contributed by atoms with Gasteiger partial charge in [-0.3, -0.25) is 4.79 Å². The van der Waals surface area contributed by atoms with Crippen LogP contribution >= 0.6 is 0 Å². The van der Waals surface area contributed by atoms with Crippen LogP contribution in [0.15, 0.2) is 12.2 Å². The molecule has 0 aromatic rings. The number of rotatable bonds is 6. The summed E-state index contributed by atoms with van der Waals surface area (Å²) >= 11 is 0. The van der Waals surface area contributed by atoms with Crippen molar-refractivity contribution in [2.45, 2.75) is 32.6 Å². The molecule has 16 heavy (non-hydrogen) atoms. The van der Waals surface area contributed by atoms with Crippen LogP contribution < -0.4 is 0 Å². The molecule has 0 aromatic carbocycles. The Morgan fingerprint density at radius 3 is 2.88 bits per heavy atom. The summed E-state index contributed by atoms with van der Waals surface area (Å²) < 4.78 is 9.84. The first-order valence-corrected chi connectivity index (χ1v) is 5.66. The smallest absolute Gasteiger partial charge is 0.333 e. The number of carbonyl (C=O) groups excluding carboxylic acids is 2. The molecule has 1 aliphatic rings. The van der Waals surface area contributed by atoms with Crippen LogP contribution in [-0.4, -0.2) is 25.2 Å². The van der Waals surface area contributed by atoms with E-state index in [2.05, 4.69) is 13.5 Å². The van der Waals surface area contributed by atoms with Gasteiger partial charge < -0.3 is 9.47 Å². The minimum absolute atomic E-state index is 0.164. The van der Waals surface area contributed by atoms with Crippen molar-refractivity contribution < 1.29 is 19.1 Å². The van der Waals surface area contributed by atoms with Crippen LogP contribution in [-0.2, 0) is 19.1 Å². The molecule has 0 saturated carbocycles. The van der Waals surface area contributed by atoms with E-state index in [1.165, 1.54) is 0 Å². The Hall–Kier alpha value is -1.32. The Balaban J connectivity index is 2.17. The van der Waals surface area contributed by atoms with E-state index in [0.29, 0.717) is 12.0 Å². The topological polar surface area (TPSA) is 52.6 Å². The van der Waals surface area contributed by atoms with Crippen LogP contribution in [0.2, 0.25) is 0 Å². The number of hydrogen-bond acceptors (Lipinski definition) is 4. The van der Waals surface area contributed by atoms with Crippen molar-refractivity contribution in [1.29, 1.82) is 0 Å². The van der Waals surface area contributed by atoms with E-state index in [1.807, 2.05) is 0 Å². The molecular formula is C12H18O4. The Morgan fingerprint density at radius 2 is 2.31 bits per heavy atom. The monoisotopic (exact) mass is 226 g/mol. The standard InChI is InChI=1S/C12H18O4/c1-3-4-5-6-11(13)15-7-10-8-16-12(14)9(10)2/h10H,2-8H2,1H3/t10-/m1/s1. The first-order valence-electron chi connectivity index (χ1n) is 5.66. The molecule has 1 fully saturated rings. The fourth-order valence-corrected chi connectivity index (χ4v) is 1.47. The van der Waals surface area contributed by atoms with E-state index in [9.17, 15) is 9.59 Å². The van der Waals surface area contributed by atoms with E-state index in [1.54, 1.807) is 0 Å². The maximum absolute atomic E-state index is 11.3. The van der Waals surface area contributed by atoms with Crippen molar-refractivity contribution in [2.75, 3.05) is 13.2 Å². The van der Waals surface area contributed by atoms with Gasteiger partial charge in [-0.05, 0) is 6.42 Å². The molecule has 4 nitrogen and oxygen atoms in total. The molecular weight excluding hydrogens is 208 g/mol. The number of carbonyl (C=O) groups is 2. The summed E-state index contributed by atoms with van der Waals surface area (Å²) in [7, 11) is 0. The van der Waals surface area contributed by atoms with Crippen molar-refractivity contribution in [3.8, 4) is 0 Å². The lowest BCUT2D eigenvalue weighted by Gasteiger charge is -2.08. The Labute approximate surface area is 95.6 Å². The molecule has 0 N–H and O–H groups in total. The second kappa shape index (κ2) is 6.30. The highest BCUT2D eigenvalue weighted by Crippen LogP contribution is 2.19. The van der Waals surface area contributed by atoms with Gasteiger partial charge in [0, 0.05) is 12.0 Å². The number of hydrogen-bond donors (Lipinski definition) is 0. The highest BCUT2D eigenvalue weighted by Gasteiger charge is 2.29. The molecule has 0 spiro atoms. The molecule has 1 rings (SSSR count). The van der Waals surface area contributed by atoms with Gasteiger partial charge in [0.05, 0.1) is 5.92 Å². The molecule has 1 heterocycles. The minimum atomic E-state index is -0.382. The zero-order chi connectivity index (χ0) is 12.0. The average Bonchev–Trinajstić information content (AvgIpc) is 2.58. The SMILES string of the molecule is C=C1C(=O)OC[C@H]1COC(=O)CCCCC. The normalized spacial score (nSPS) is 19.7. The van der Waals surface area contributed by atoms with Gasteiger partial charge in [0.1, 0.15) is 13.2 Å². The third-order valence-electron chi connectivity index (χ3n) is 2.60. The molecule has 0 unspecified atom stereocenters. The van der Waals surface area contributed by atoms with Gasteiger partial charge >= 0.3 is 11.9 Å². The molecule has 4 heteroatoms. The van der Waals surface area contributed by atoms with Crippen molar-refractivity contribution in [3.63, 3.8) is 0 Å². The molecule has 0 bridgehead atoms. The molecule has 1 saturated heterocycles. The van der Waals surface area contributed by atoms with Crippen molar-refractivity contribution in [1.82, 2.24) is 0 Å². The average molecular weight is 226 g/mol. The summed E-state index contributed by atoms with van der Waals surface area (Å²) in [4.78, 5) is 22.3. The van der Waals surface area contributed by atoms with E-state index in [-0.39, 0.29) is 31.1 Å². The van der Waals surface area contributed by atoms with Gasteiger partial charge in [0.15, 0.2) is 0 Å². The summed E-state index contributed by atoms with van der Waals surface area (Å²) in [6.45, 7) is 6.17. The first kappa shape index (κ1) is 12.7. The van der Waals surface area contributed by atoms with Gasteiger partial charge in [-0.1, -0.05) is 26.3 Å². The quantitative estimate of drug-likeness (QED) is 0.394. The second-order valence-electron chi connectivity index (χ2n) is 3.96. The molecule has 0 amide bonds. The van der Waals surface area contributed by atoms with Crippen LogP contribution in [0.1, 0.15) is 32.6 Å². The Morgan fingerprint density at radius 1 is 1.56 bits per heavy atom. The summed E-state index contributed by atoms with van der Waals surface area (Å²) in [5.41, 5.74) is 0.404. The lowest BCUT2D eigenvalue weighted by molar-refractivity contribution is -0.144. The maximum Gasteiger partial charge on any atom is 0.333 e. The molecule has 0 aromatic heterocycles. The van der Waals surface area contributed by atoms with Crippen LogP contribution in [0.5, 0.6) is 0 Å².